The number of hydrogen-bond donors (Lipinski definition) is 0. The van der Waals surface area contributed by atoms with Crippen molar-refractivity contribution in [2.45, 2.75) is 25.9 Å². The fourth-order valence-corrected chi connectivity index (χ4v) is 7.36. The number of benzene rings is 2. The number of aromatic carboxylic acids is 2. The summed E-state index contributed by atoms with van der Waals surface area (Å²) < 4.78 is 45.0. The van der Waals surface area contributed by atoms with Gasteiger partial charge in [0.2, 0.25) is 0 Å². The number of halogens is 2. The Hall–Kier alpha value is -4.78. The molecule has 2 aromatic heterocycles. The molecule has 0 bridgehead atoms. The minimum absolute atomic E-state index is 0. The van der Waals surface area contributed by atoms with Crippen LogP contribution in [0.1, 0.15) is 46.6 Å². The second-order valence-corrected chi connectivity index (χ2v) is 13.9. The Kier molecular flexibility index (Phi) is 12.9. The van der Waals surface area contributed by atoms with Crippen molar-refractivity contribution in [1.82, 2.24) is 18.9 Å². The Morgan fingerprint density at radius 2 is 0.982 bits per heavy atom. The van der Waals surface area contributed by atoms with E-state index in [2.05, 4.69) is 9.80 Å². The SMILES string of the molecule is C[C@H]1COc2c(N3CCN(C)CC3)c(F)cc3c(=O)c(C(=O)[O-])cn1c23.C[C@H]1COc2c(N3CCN(C)CC3)c(F)cc3c(=O)c(C(=O)[O-])cn1c23.O.O.[Mn+2]. The van der Waals surface area contributed by atoms with E-state index in [0.717, 1.165) is 38.3 Å². The van der Waals surface area contributed by atoms with E-state index in [1.165, 1.54) is 12.4 Å². The maximum atomic E-state index is 15.0. The van der Waals surface area contributed by atoms with Crippen LogP contribution in [0.15, 0.2) is 34.1 Å². The van der Waals surface area contributed by atoms with E-state index in [1.807, 2.05) is 37.7 Å². The van der Waals surface area contributed by atoms with Crippen LogP contribution in [-0.2, 0) is 17.1 Å². The fourth-order valence-electron chi connectivity index (χ4n) is 7.36. The second kappa shape index (κ2) is 16.5. The third-order valence-electron chi connectivity index (χ3n) is 10.4. The number of carboxylic acids is 2. The first-order valence-electron chi connectivity index (χ1n) is 17.1. The molecule has 2 atom stereocenters. The number of rotatable bonds is 4. The first kappa shape index (κ1) is 43.0. The van der Waals surface area contributed by atoms with E-state index in [9.17, 15) is 38.2 Å². The molecule has 1 radical (unpaired) electrons. The molecule has 4 aromatic rings. The number of hydrogen-bond acceptors (Lipinski definition) is 12. The van der Waals surface area contributed by atoms with Gasteiger partial charge in [0.1, 0.15) is 24.6 Å². The summed E-state index contributed by atoms with van der Waals surface area (Å²) in [4.78, 5) is 55.8. The van der Waals surface area contributed by atoms with Gasteiger partial charge in [-0.3, -0.25) is 9.59 Å². The monoisotopic (exact) mass is 811 g/mol. The number of nitrogens with zero attached hydrogens (tertiary/aromatic N) is 6. The molecule has 0 spiro atoms. The first-order chi connectivity index (χ1) is 24.8. The molecule has 0 aliphatic carbocycles. The molecule has 8 rings (SSSR count). The third-order valence-corrected chi connectivity index (χ3v) is 10.4. The number of piperazine rings is 2. The quantitative estimate of drug-likeness (QED) is 0.221. The van der Waals surface area contributed by atoms with Crippen LogP contribution in [-0.4, -0.2) is 121 Å². The number of likely N-dealkylation sites (N-methyl/N-ethyl adjacent to an activating group) is 2. The maximum Gasteiger partial charge on any atom is 2.00 e. The standard InChI is InChI=1S/2C18H20FN3O4.Mn.2H2O/c2*1-10-9-26-17-14-11(16(23)12(18(24)25)8-22(10)14)7-13(19)15(17)21-5-3-20(2)4-6-21;;;/h2*7-8,10H,3-6,9H2,1-2H3,(H,24,25);;2*1H2/q;;+2;;/p-2/t2*10-;;;/m00.../s1. The second-order valence-electron chi connectivity index (χ2n) is 13.9. The van der Waals surface area contributed by atoms with Crippen molar-refractivity contribution >= 4 is 45.1 Å². The van der Waals surface area contributed by atoms with Crippen molar-refractivity contribution in [2.75, 3.05) is 89.5 Å². The van der Waals surface area contributed by atoms with Gasteiger partial charge in [-0.2, -0.15) is 0 Å². The molecule has 4 N–H and O–H groups in total. The molecule has 4 aliphatic heterocycles. The molecule has 2 aromatic carbocycles. The van der Waals surface area contributed by atoms with Crippen LogP contribution in [0.2, 0.25) is 0 Å². The summed E-state index contributed by atoms with van der Waals surface area (Å²) in [5.41, 5.74) is -0.882. The van der Waals surface area contributed by atoms with Crippen LogP contribution < -0.4 is 40.3 Å². The largest absolute Gasteiger partial charge is 2.00 e. The fraction of sp³-hybridized carbons (Fsp3) is 0.444. The van der Waals surface area contributed by atoms with Crippen LogP contribution in [0.25, 0.3) is 21.8 Å². The predicted octanol–water partition coefficient (Wildman–Crippen LogP) is -1.23. The van der Waals surface area contributed by atoms with Gasteiger partial charge >= 0.3 is 17.1 Å². The summed E-state index contributed by atoms with van der Waals surface area (Å²) in [5, 5.41) is 22.6. The van der Waals surface area contributed by atoms with Crippen LogP contribution in [0, 0.1) is 11.6 Å². The zero-order chi connectivity index (χ0) is 37.2. The Morgan fingerprint density at radius 3 is 1.29 bits per heavy atom. The molecule has 6 heterocycles. The Bertz CT molecular complexity index is 2100. The van der Waals surface area contributed by atoms with Gasteiger partial charge in [0, 0.05) is 64.8 Å². The molecule has 16 nitrogen and oxygen atoms in total. The van der Waals surface area contributed by atoms with Crippen molar-refractivity contribution < 1.29 is 66.1 Å². The van der Waals surface area contributed by atoms with Crippen molar-refractivity contribution in [2.24, 2.45) is 0 Å². The van der Waals surface area contributed by atoms with E-state index >= 15 is 0 Å². The molecule has 4 aliphatic rings. The summed E-state index contributed by atoms with van der Waals surface area (Å²) in [7, 11) is 4.02. The van der Waals surface area contributed by atoms with E-state index in [4.69, 9.17) is 9.47 Å². The van der Waals surface area contributed by atoms with Gasteiger partial charge in [-0.15, -0.1) is 0 Å². The maximum absolute atomic E-state index is 15.0. The van der Waals surface area contributed by atoms with Crippen molar-refractivity contribution in [3.05, 3.63) is 67.7 Å². The Morgan fingerprint density at radius 1 is 0.655 bits per heavy atom. The van der Waals surface area contributed by atoms with Gasteiger partial charge in [-0.05, 0) is 40.1 Å². The average molecular weight is 812 g/mol. The summed E-state index contributed by atoms with van der Waals surface area (Å²) >= 11 is 0. The van der Waals surface area contributed by atoms with E-state index in [0.29, 0.717) is 60.1 Å². The van der Waals surface area contributed by atoms with E-state index in [1.54, 1.807) is 9.13 Å². The molecule has 0 amide bonds. The topological polar surface area (TPSA) is 219 Å². The number of pyridine rings is 2. The number of aromatic nitrogens is 2. The molecule has 2 fully saturated rings. The molecular weight excluding hydrogens is 769 g/mol. The van der Waals surface area contributed by atoms with Gasteiger partial charge in [-0.1, -0.05) is 0 Å². The van der Waals surface area contributed by atoms with Crippen LogP contribution in [0.3, 0.4) is 0 Å². The number of carbonyl (C=O) groups excluding carboxylic acids is 2. The molecule has 0 saturated carbocycles. The van der Waals surface area contributed by atoms with Crippen molar-refractivity contribution in [3.8, 4) is 11.5 Å². The molecule has 55 heavy (non-hydrogen) atoms. The molecule has 2 saturated heterocycles. The van der Waals surface area contributed by atoms with Crippen LogP contribution in [0.4, 0.5) is 20.2 Å². The molecule has 19 heteroatoms. The molecule has 297 valence electrons. The number of anilines is 2. The average Bonchev–Trinajstić information content (AvgIpc) is 3.10. The van der Waals surface area contributed by atoms with Gasteiger partial charge < -0.3 is 69.0 Å². The van der Waals surface area contributed by atoms with Crippen LogP contribution in [0.5, 0.6) is 11.5 Å². The van der Waals surface area contributed by atoms with Gasteiger partial charge in [0.05, 0.1) is 57.0 Å². The molecular formula is C36H42F2MnN6O10. The summed E-state index contributed by atoms with van der Waals surface area (Å²) in [6.45, 7) is 10.00. The summed E-state index contributed by atoms with van der Waals surface area (Å²) in [6.07, 6.45) is 2.56. The number of carboxylic acid groups (broad SMARTS) is 2. The van der Waals surface area contributed by atoms with E-state index in [-0.39, 0.29) is 64.1 Å². The van der Waals surface area contributed by atoms with Gasteiger partial charge in [-0.25, -0.2) is 8.78 Å². The summed E-state index contributed by atoms with van der Waals surface area (Å²) in [6, 6.07) is 1.88. The van der Waals surface area contributed by atoms with E-state index < -0.39 is 45.6 Å². The van der Waals surface area contributed by atoms with Crippen LogP contribution >= 0.6 is 0 Å². The molecule has 0 unspecified atom stereocenters. The van der Waals surface area contributed by atoms with Gasteiger partial charge in [0.25, 0.3) is 0 Å². The Labute approximate surface area is 324 Å². The summed E-state index contributed by atoms with van der Waals surface area (Å²) in [5.74, 6) is -3.67. The minimum Gasteiger partial charge on any atom is -0.545 e. The normalized spacial score (nSPS) is 19.2. The Balaban J connectivity index is 0.000000232. The number of carbonyl (C=O) groups is 2. The predicted molar refractivity (Wildman–Crippen MR) is 192 cm³/mol. The third kappa shape index (κ3) is 7.47. The zero-order valence-corrected chi connectivity index (χ0v) is 31.8. The zero-order valence-electron chi connectivity index (χ0n) is 30.6. The minimum atomic E-state index is -1.57. The van der Waals surface area contributed by atoms with Crippen molar-refractivity contribution in [1.29, 1.82) is 0 Å². The van der Waals surface area contributed by atoms with Gasteiger partial charge in [0.15, 0.2) is 34.0 Å². The first-order valence-corrected chi connectivity index (χ1v) is 17.1. The smallest absolute Gasteiger partial charge is 0.545 e. The number of ether oxygens (including phenoxy) is 2. The van der Waals surface area contributed by atoms with Crippen molar-refractivity contribution in [3.63, 3.8) is 0 Å².